The van der Waals surface area contributed by atoms with Crippen molar-refractivity contribution in [1.82, 2.24) is 4.90 Å². The van der Waals surface area contributed by atoms with Crippen molar-refractivity contribution in [2.75, 3.05) is 20.6 Å². The van der Waals surface area contributed by atoms with Gasteiger partial charge in [0.25, 0.3) is 0 Å². The van der Waals surface area contributed by atoms with Crippen LogP contribution in [0.25, 0.3) is 0 Å². The van der Waals surface area contributed by atoms with Crippen LogP contribution in [0.1, 0.15) is 34.6 Å². The van der Waals surface area contributed by atoms with Gasteiger partial charge in [0.2, 0.25) is 0 Å². The molecule has 0 amide bonds. The topological polar surface area (TPSA) is 3.24 Å². The third kappa shape index (κ3) is 10.9. The average Bonchev–Trinajstić information content (AvgIpc) is 1.59. The van der Waals surface area contributed by atoms with Crippen molar-refractivity contribution < 1.29 is 0 Å². The van der Waals surface area contributed by atoms with Crippen LogP contribution in [0.2, 0.25) is 0 Å². The second-order valence-corrected chi connectivity index (χ2v) is 4.11. The van der Waals surface area contributed by atoms with E-state index < -0.39 is 0 Å². The molecule has 10 heavy (non-hydrogen) atoms. The zero-order valence-electron chi connectivity index (χ0n) is 7.36. The number of hydrogen-bond donors (Lipinski definition) is 0. The molecule has 0 atom stereocenters. The molecule has 0 saturated heterocycles. The molecule has 64 valence electrons. The van der Waals surface area contributed by atoms with Crippen molar-refractivity contribution in [3.05, 3.63) is 0 Å². The van der Waals surface area contributed by atoms with Crippen molar-refractivity contribution >= 4 is 0 Å². The molecule has 0 saturated carbocycles. The Kier molecular flexibility index (Phi) is 5.96. The Balaban J connectivity index is 0. The molecule has 0 bridgehead atoms. The maximum atomic E-state index is 2.27. The SMILES string of the molecule is C.CN(C)CCC(C)(C)C. The summed E-state index contributed by atoms with van der Waals surface area (Å²) in [5.74, 6) is 0. The van der Waals surface area contributed by atoms with Gasteiger partial charge in [-0.05, 0) is 32.5 Å². The molecule has 0 fully saturated rings. The smallest absolute Gasteiger partial charge is 0.00198 e. The highest BCUT2D eigenvalue weighted by atomic mass is 15.0. The third-order valence-electron chi connectivity index (χ3n) is 1.31. The van der Waals surface area contributed by atoms with Gasteiger partial charge in [-0.15, -0.1) is 0 Å². The van der Waals surface area contributed by atoms with Crippen LogP contribution in [-0.2, 0) is 0 Å². The maximum Gasteiger partial charge on any atom is -0.00198 e. The maximum absolute atomic E-state index is 2.27. The summed E-state index contributed by atoms with van der Waals surface area (Å²) in [6.45, 7) is 8.02. The first-order valence-electron chi connectivity index (χ1n) is 3.56. The van der Waals surface area contributed by atoms with E-state index in [-0.39, 0.29) is 7.43 Å². The molecule has 0 rings (SSSR count). The summed E-state index contributed by atoms with van der Waals surface area (Å²) in [7, 11) is 4.23. The molecule has 0 aliphatic heterocycles. The van der Waals surface area contributed by atoms with Crippen molar-refractivity contribution in [3.63, 3.8) is 0 Å². The monoisotopic (exact) mass is 145 g/mol. The fourth-order valence-corrected chi connectivity index (χ4v) is 0.559. The Morgan fingerprint density at radius 1 is 1.10 bits per heavy atom. The van der Waals surface area contributed by atoms with Crippen LogP contribution in [0.5, 0.6) is 0 Å². The lowest BCUT2D eigenvalue weighted by Gasteiger charge is -2.20. The van der Waals surface area contributed by atoms with Crippen LogP contribution in [0.3, 0.4) is 0 Å². The highest BCUT2D eigenvalue weighted by molar-refractivity contribution is 4.62. The van der Waals surface area contributed by atoms with E-state index in [0.29, 0.717) is 5.41 Å². The van der Waals surface area contributed by atoms with E-state index in [9.17, 15) is 0 Å². The summed E-state index contributed by atoms with van der Waals surface area (Å²) in [4.78, 5) is 2.23. The summed E-state index contributed by atoms with van der Waals surface area (Å²) in [6.07, 6.45) is 1.28. The van der Waals surface area contributed by atoms with Crippen LogP contribution in [0.15, 0.2) is 0 Å². The highest BCUT2D eigenvalue weighted by Crippen LogP contribution is 2.17. The minimum absolute atomic E-state index is 0. The first kappa shape index (κ1) is 12.6. The molecule has 0 unspecified atom stereocenters. The van der Waals surface area contributed by atoms with E-state index in [0.717, 1.165) is 0 Å². The molecule has 0 aliphatic carbocycles. The minimum Gasteiger partial charge on any atom is -0.309 e. The Bertz CT molecular complexity index is 69.3. The number of hydrogen-bond acceptors (Lipinski definition) is 1. The normalized spacial score (nSPS) is 11.4. The predicted molar refractivity (Wildman–Crippen MR) is 49.4 cm³/mol. The lowest BCUT2D eigenvalue weighted by atomic mass is 9.92. The van der Waals surface area contributed by atoms with Gasteiger partial charge in [-0.3, -0.25) is 0 Å². The molecular formula is C9H23N. The molecule has 1 heteroatoms. The molecule has 0 aromatic rings. The van der Waals surface area contributed by atoms with Gasteiger partial charge in [0, 0.05) is 0 Å². The van der Waals surface area contributed by atoms with Crippen LogP contribution in [-0.4, -0.2) is 25.5 Å². The molecular weight excluding hydrogens is 122 g/mol. The van der Waals surface area contributed by atoms with E-state index >= 15 is 0 Å². The summed E-state index contributed by atoms with van der Waals surface area (Å²) < 4.78 is 0. The van der Waals surface area contributed by atoms with Crippen molar-refractivity contribution in [2.24, 2.45) is 5.41 Å². The Morgan fingerprint density at radius 2 is 1.50 bits per heavy atom. The van der Waals surface area contributed by atoms with E-state index in [2.05, 4.69) is 39.8 Å². The standard InChI is InChI=1S/C8H19N.CH4/c1-8(2,3)6-7-9(4)5;/h6-7H2,1-5H3;1H4. The molecule has 0 aromatic carbocycles. The lowest BCUT2D eigenvalue weighted by molar-refractivity contribution is 0.297. The lowest BCUT2D eigenvalue weighted by Crippen LogP contribution is -2.19. The van der Waals surface area contributed by atoms with Gasteiger partial charge in [-0.25, -0.2) is 0 Å². The fraction of sp³-hybridized carbons (Fsp3) is 1.00. The average molecular weight is 145 g/mol. The molecule has 0 heterocycles. The minimum atomic E-state index is 0. The number of rotatable bonds is 2. The zero-order valence-corrected chi connectivity index (χ0v) is 7.36. The molecule has 0 N–H and O–H groups in total. The van der Waals surface area contributed by atoms with Gasteiger partial charge in [-0.2, -0.15) is 0 Å². The molecule has 0 radical (unpaired) electrons. The Morgan fingerprint density at radius 3 is 1.60 bits per heavy atom. The van der Waals surface area contributed by atoms with Crippen molar-refractivity contribution in [2.45, 2.75) is 34.6 Å². The van der Waals surface area contributed by atoms with Gasteiger partial charge in [0.15, 0.2) is 0 Å². The molecule has 1 nitrogen and oxygen atoms in total. The molecule has 0 aromatic heterocycles. The zero-order chi connectivity index (χ0) is 7.49. The van der Waals surface area contributed by atoms with Crippen LogP contribution >= 0.6 is 0 Å². The second kappa shape index (κ2) is 4.73. The second-order valence-electron chi connectivity index (χ2n) is 4.11. The van der Waals surface area contributed by atoms with E-state index in [4.69, 9.17) is 0 Å². The largest absolute Gasteiger partial charge is 0.309 e. The van der Waals surface area contributed by atoms with E-state index in [1.165, 1.54) is 13.0 Å². The predicted octanol–water partition coefficient (Wildman–Crippen LogP) is 2.62. The van der Waals surface area contributed by atoms with Crippen LogP contribution in [0.4, 0.5) is 0 Å². The van der Waals surface area contributed by atoms with Crippen LogP contribution in [0, 0.1) is 5.41 Å². The Labute approximate surface area is 66.4 Å². The van der Waals surface area contributed by atoms with Crippen molar-refractivity contribution in [3.8, 4) is 0 Å². The fourth-order valence-electron chi connectivity index (χ4n) is 0.559. The van der Waals surface area contributed by atoms with Gasteiger partial charge in [-0.1, -0.05) is 28.2 Å². The first-order chi connectivity index (χ1) is 3.92. The van der Waals surface area contributed by atoms with Crippen molar-refractivity contribution in [1.29, 1.82) is 0 Å². The van der Waals surface area contributed by atoms with Gasteiger partial charge in [0.05, 0.1) is 0 Å². The summed E-state index contributed by atoms with van der Waals surface area (Å²) >= 11 is 0. The molecule has 0 aliphatic rings. The van der Waals surface area contributed by atoms with E-state index in [1.807, 2.05) is 0 Å². The van der Waals surface area contributed by atoms with E-state index in [1.54, 1.807) is 0 Å². The molecule has 0 spiro atoms. The first-order valence-corrected chi connectivity index (χ1v) is 3.56. The van der Waals surface area contributed by atoms with Crippen LogP contribution < -0.4 is 0 Å². The van der Waals surface area contributed by atoms with Gasteiger partial charge >= 0.3 is 0 Å². The third-order valence-corrected chi connectivity index (χ3v) is 1.31. The summed E-state index contributed by atoms with van der Waals surface area (Å²) in [6, 6.07) is 0. The highest BCUT2D eigenvalue weighted by Gasteiger charge is 2.08. The summed E-state index contributed by atoms with van der Waals surface area (Å²) in [5, 5.41) is 0. The quantitative estimate of drug-likeness (QED) is 0.577. The number of nitrogens with zero attached hydrogens (tertiary/aromatic N) is 1. The van der Waals surface area contributed by atoms with Gasteiger partial charge < -0.3 is 4.90 Å². The summed E-state index contributed by atoms with van der Waals surface area (Å²) in [5.41, 5.74) is 0.490. The Hall–Kier alpha value is -0.0400. The van der Waals surface area contributed by atoms with Gasteiger partial charge in [0.1, 0.15) is 0 Å².